The summed E-state index contributed by atoms with van der Waals surface area (Å²) in [5, 5.41) is 3.60. The fourth-order valence-electron chi connectivity index (χ4n) is 12.6. The molecule has 0 spiro atoms. The van der Waals surface area contributed by atoms with Crippen LogP contribution in [0.2, 0.25) is 0 Å². The third kappa shape index (κ3) is 6.30. The Morgan fingerprint density at radius 2 is 1.11 bits per heavy atom. The molecule has 0 saturated carbocycles. The van der Waals surface area contributed by atoms with Crippen molar-refractivity contribution in [2.75, 3.05) is 9.80 Å². The first kappa shape index (κ1) is 43.8. The molecule has 8 aromatic carbocycles. The molecule has 0 amide bonds. The maximum Gasteiger partial charge on any atom is 0.252 e. The minimum atomic E-state index is -0.188. The van der Waals surface area contributed by atoms with Crippen LogP contribution in [-0.4, -0.2) is 11.3 Å². The van der Waals surface area contributed by atoms with Crippen LogP contribution >= 0.6 is 0 Å². The van der Waals surface area contributed by atoms with Gasteiger partial charge in [0.1, 0.15) is 11.2 Å². The van der Waals surface area contributed by atoms with Crippen molar-refractivity contribution in [1.29, 1.82) is 0 Å². The van der Waals surface area contributed by atoms with Crippen LogP contribution in [0.5, 0.6) is 0 Å². The van der Waals surface area contributed by atoms with Crippen molar-refractivity contribution >= 4 is 90.1 Å². The summed E-state index contributed by atoms with van der Waals surface area (Å²) in [7, 11) is 0. The van der Waals surface area contributed by atoms with Crippen LogP contribution in [-0.2, 0) is 21.7 Å². The van der Waals surface area contributed by atoms with Crippen molar-refractivity contribution in [3.8, 4) is 16.9 Å². The monoisotopic (exact) mass is 923 g/mol. The zero-order chi connectivity index (χ0) is 49.3. The fraction of sp³-hybridized carbons (Fsp3) is 0.242. The van der Waals surface area contributed by atoms with Gasteiger partial charge in [0.25, 0.3) is 6.71 Å². The first-order chi connectivity index (χ1) is 33.8. The second kappa shape index (κ2) is 14.7. The second-order valence-corrected chi connectivity index (χ2v) is 24.3. The average Bonchev–Trinajstić information content (AvgIpc) is 3.97. The number of aryl methyl sites for hydroxylation is 1. The van der Waals surface area contributed by atoms with Crippen LogP contribution in [0.4, 0.5) is 34.1 Å². The lowest BCUT2D eigenvalue weighted by Gasteiger charge is -2.42. The van der Waals surface area contributed by atoms with Crippen molar-refractivity contribution in [2.45, 2.75) is 105 Å². The third-order valence-electron chi connectivity index (χ3n) is 16.2. The van der Waals surface area contributed by atoms with Crippen molar-refractivity contribution in [2.24, 2.45) is 0 Å². The highest BCUT2D eigenvalue weighted by Gasteiger charge is 2.48. The van der Waals surface area contributed by atoms with Gasteiger partial charge in [0.05, 0.1) is 16.8 Å². The molecule has 71 heavy (non-hydrogen) atoms. The van der Waals surface area contributed by atoms with Gasteiger partial charge in [-0.25, -0.2) is 0 Å². The van der Waals surface area contributed by atoms with E-state index in [4.69, 9.17) is 4.42 Å². The number of aromatic nitrogens is 1. The molecule has 0 saturated heterocycles. The molecule has 3 aliphatic rings. The number of hydrogen-bond acceptors (Lipinski definition) is 3. The predicted octanol–water partition coefficient (Wildman–Crippen LogP) is 16.1. The van der Waals surface area contributed by atoms with Gasteiger partial charge >= 0.3 is 0 Å². The van der Waals surface area contributed by atoms with E-state index in [1.54, 1.807) is 0 Å². The van der Waals surface area contributed by atoms with E-state index in [1.165, 1.54) is 89.0 Å². The molecule has 4 nitrogen and oxygen atoms in total. The largest absolute Gasteiger partial charge is 0.456 e. The fourth-order valence-corrected chi connectivity index (χ4v) is 12.6. The summed E-state index contributed by atoms with van der Waals surface area (Å²) in [6, 6.07) is 60.1. The highest BCUT2D eigenvalue weighted by molar-refractivity contribution is 7.00. The van der Waals surface area contributed by atoms with E-state index < -0.39 is 0 Å². The normalized spacial score (nSPS) is 14.5. The third-order valence-corrected chi connectivity index (χ3v) is 16.2. The Morgan fingerprint density at radius 1 is 0.507 bits per heavy atom. The van der Waals surface area contributed by atoms with Gasteiger partial charge < -0.3 is 18.8 Å². The Labute approximate surface area is 419 Å². The van der Waals surface area contributed by atoms with E-state index >= 15 is 0 Å². The molecule has 1 aliphatic carbocycles. The van der Waals surface area contributed by atoms with Gasteiger partial charge in [-0.15, -0.1) is 0 Å². The summed E-state index contributed by atoms with van der Waals surface area (Å²) in [4.78, 5) is 5.04. The molecule has 0 atom stereocenters. The number of nitrogens with zero attached hydrogens (tertiary/aromatic N) is 3. The molecule has 5 heteroatoms. The number of furan rings is 1. The lowest BCUT2D eigenvalue weighted by molar-refractivity contribution is 0.590. The van der Waals surface area contributed by atoms with Crippen LogP contribution in [0.1, 0.15) is 110 Å². The number of fused-ring (bicyclic) bond motifs is 12. The number of para-hydroxylation sites is 1. The Hall–Kier alpha value is -7.24. The van der Waals surface area contributed by atoms with Crippen LogP contribution < -0.4 is 26.2 Å². The maximum absolute atomic E-state index is 6.69. The molecule has 4 heterocycles. The van der Waals surface area contributed by atoms with Gasteiger partial charge in [-0.1, -0.05) is 161 Å². The molecule has 0 bridgehead atoms. The molecular formula is C66H62BN3O. The van der Waals surface area contributed by atoms with E-state index in [1.807, 2.05) is 0 Å². The van der Waals surface area contributed by atoms with Gasteiger partial charge in [-0.3, -0.25) is 0 Å². The van der Waals surface area contributed by atoms with Crippen molar-refractivity contribution in [3.05, 3.63) is 191 Å². The standard InChI is InChI=1S/C66H62BN3O/c1-39-34-54-60-55(35-39)70-61-48(59-62(70)46-18-13-15-20-49(46)66(59,11)12)36-42(65(8,9)10)37-51(61)67(60)50-33-32-45(38-53(50)69(54)52-21-17-23-57-58(52)47-19-14-16-22-56(47)71-57)68(43-28-24-40(25-29-43)63(2,3)4)44-30-26-41(27-31-44)64(5,6)7/h13-38H,1-12H3. The summed E-state index contributed by atoms with van der Waals surface area (Å²) in [5.74, 6) is 0. The SMILES string of the molecule is Cc1cc2c3c(c1)-n1c4c(c5cc(C(C)(C)C)cc(c51)B3c1ccc(N(c3ccc(C(C)(C)C)cc3)c3ccc(C(C)(C)C)cc3)cc1N2c1cccc2oc3ccccc3c12)C(C)(C)c1ccccc1-4. The molecule has 0 radical (unpaired) electrons. The van der Waals surface area contributed by atoms with E-state index in [9.17, 15) is 0 Å². The van der Waals surface area contributed by atoms with Crippen LogP contribution in [0.3, 0.4) is 0 Å². The van der Waals surface area contributed by atoms with Crippen molar-refractivity contribution in [3.63, 3.8) is 0 Å². The summed E-state index contributed by atoms with van der Waals surface area (Å²) >= 11 is 0. The maximum atomic E-state index is 6.69. The van der Waals surface area contributed by atoms with E-state index in [0.717, 1.165) is 44.7 Å². The zero-order valence-electron chi connectivity index (χ0n) is 43.3. The molecule has 350 valence electrons. The van der Waals surface area contributed by atoms with E-state index in [-0.39, 0.29) is 28.4 Å². The zero-order valence-corrected chi connectivity index (χ0v) is 43.3. The molecule has 0 fully saturated rings. The van der Waals surface area contributed by atoms with Gasteiger partial charge in [0, 0.05) is 61.4 Å². The average molecular weight is 924 g/mol. The van der Waals surface area contributed by atoms with Crippen LogP contribution in [0, 0.1) is 6.92 Å². The van der Waals surface area contributed by atoms with Gasteiger partial charge in [0.2, 0.25) is 0 Å². The smallest absolute Gasteiger partial charge is 0.252 e. The Kier molecular flexibility index (Phi) is 9.04. The van der Waals surface area contributed by atoms with Gasteiger partial charge in [-0.2, -0.15) is 0 Å². The molecule has 2 aromatic heterocycles. The first-order valence-electron chi connectivity index (χ1n) is 25.6. The Balaban J connectivity index is 1.15. The lowest BCUT2D eigenvalue weighted by atomic mass is 9.33. The minimum Gasteiger partial charge on any atom is -0.456 e. The van der Waals surface area contributed by atoms with E-state index in [0.29, 0.717) is 0 Å². The summed E-state index contributed by atoms with van der Waals surface area (Å²) < 4.78 is 9.37. The molecule has 0 unspecified atom stereocenters. The highest BCUT2D eigenvalue weighted by atomic mass is 16.3. The Bertz CT molecular complexity index is 3810. The predicted molar refractivity (Wildman–Crippen MR) is 303 cm³/mol. The van der Waals surface area contributed by atoms with E-state index in [2.05, 4.69) is 255 Å². The molecular weight excluding hydrogens is 862 g/mol. The number of benzene rings is 8. The molecule has 0 N–H and O–H groups in total. The lowest BCUT2D eigenvalue weighted by Crippen LogP contribution is -2.60. The van der Waals surface area contributed by atoms with Crippen molar-refractivity contribution < 1.29 is 4.42 Å². The second-order valence-electron chi connectivity index (χ2n) is 24.3. The molecule has 13 rings (SSSR count). The quantitative estimate of drug-likeness (QED) is 0.164. The summed E-state index contributed by atoms with van der Waals surface area (Å²) in [6.07, 6.45) is 0. The van der Waals surface area contributed by atoms with Crippen LogP contribution in [0.15, 0.2) is 162 Å². The van der Waals surface area contributed by atoms with Crippen LogP contribution in [0.25, 0.3) is 49.8 Å². The molecule has 2 aliphatic heterocycles. The van der Waals surface area contributed by atoms with Gasteiger partial charge in [0.15, 0.2) is 0 Å². The summed E-state index contributed by atoms with van der Waals surface area (Å²) in [5.41, 5.74) is 25.7. The topological polar surface area (TPSA) is 24.6 Å². The first-order valence-corrected chi connectivity index (χ1v) is 25.6. The van der Waals surface area contributed by atoms with Crippen molar-refractivity contribution in [1.82, 2.24) is 4.57 Å². The molecule has 10 aromatic rings. The number of anilines is 6. The number of rotatable bonds is 4. The number of hydrogen-bond donors (Lipinski definition) is 0. The van der Waals surface area contributed by atoms with Gasteiger partial charge in [-0.05, 0) is 146 Å². The Morgan fingerprint density at radius 3 is 1.79 bits per heavy atom. The minimum absolute atomic E-state index is 0.0293. The highest BCUT2D eigenvalue weighted by Crippen LogP contribution is 2.56. The summed E-state index contributed by atoms with van der Waals surface area (Å²) in [6.45, 7) is 28.0.